The number of allylic oxidation sites excluding steroid dienone is 4. The molecule has 6 rings (SSSR count). The molecule has 0 amide bonds. The smallest absolute Gasteiger partial charge is 0.351 e. The van der Waals surface area contributed by atoms with E-state index in [-0.39, 0.29) is 48.4 Å². The first-order valence-electron chi connectivity index (χ1n) is 19.6. The fourth-order valence-corrected chi connectivity index (χ4v) is 9.29. The lowest BCUT2D eigenvalue weighted by Crippen LogP contribution is -2.42. The van der Waals surface area contributed by atoms with Crippen LogP contribution >= 0.6 is 0 Å². The van der Waals surface area contributed by atoms with Crippen LogP contribution < -0.4 is 11.4 Å². The molecule has 0 radical (unpaired) electrons. The third-order valence-electron chi connectivity index (χ3n) is 12.5. The van der Waals surface area contributed by atoms with Gasteiger partial charge in [-0.25, -0.2) is 4.79 Å². The summed E-state index contributed by atoms with van der Waals surface area (Å²) in [5.74, 6) is -3.78. The van der Waals surface area contributed by atoms with Gasteiger partial charge < -0.3 is 35.3 Å². The average molecular weight is 772 g/mol. The zero-order chi connectivity index (χ0) is 39.7. The predicted octanol–water partition coefficient (Wildman–Crippen LogP) is 5.09. The number of halogens is 2. The minimum absolute atomic E-state index is 0.0314. The van der Waals surface area contributed by atoms with Crippen molar-refractivity contribution in [3.63, 3.8) is 0 Å². The van der Waals surface area contributed by atoms with Crippen molar-refractivity contribution in [1.29, 1.82) is 0 Å². The van der Waals surface area contributed by atoms with Crippen molar-refractivity contribution >= 4 is 17.8 Å². The molecule has 14 heteroatoms. The van der Waals surface area contributed by atoms with Crippen molar-refractivity contribution < 1.29 is 47.9 Å². The van der Waals surface area contributed by atoms with E-state index in [1.807, 2.05) is 6.08 Å². The largest absolute Gasteiger partial charge is 0.463 e. The molecule has 0 bridgehead atoms. The Morgan fingerprint density at radius 2 is 1.89 bits per heavy atom. The maximum atomic E-state index is 14.8. The Bertz CT molecular complexity index is 1760. The molecule has 302 valence electrons. The highest BCUT2D eigenvalue weighted by molar-refractivity contribution is 5.72. The van der Waals surface area contributed by atoms with Crippen LogP contribution in [0.3, 0.4) is 0 Å². The van der Waals surface area contributed by atoms with Crippen molar-refractivity contribution in [1.82, 2.24) is 9.55 Å². The lowest BCUT2D eigenvalue weighted by atomic mass is 9.61. The Morgan fingerprint density at radius 1 is 1.15 bits per heavy atom. The van der Waals surface area contributed by atoms with Crippen LogP contribution in [-0.2, 0) is 23.8 Å². The zero-order valence-electron chi connectivity index (χ0n) is 31.7. The minimum atomic E-state index is -3.87. The molecular weight excluding hydrogens is 716 g/mol. The monoisotopic (exact) mass is 771 g/mol. The third kappa shape index (κ3) is 9.13. The number of rotatable bonds is 13. The Labute approximate surface area is 320 Å². The van der Waals surface area contributed by atoms with Crippen LogP contribution in [0.5, 0.6) is 0 Å². The second kappa shape index (κ2) is 16.8. The predicted molar refractivity (Wildman–Crippen MR) is 198 cm³/mol. The van der Waals surface area contributed by atoms with Gasteiger partial charge in [0.1, 0.15) is 24.6 Å². The second-order valence-electron chi connectivity index (χ2n) is 16.4. The SMILES string of the molecule is C=C1/C(=C\C=C2/CCC[C@@]3(C)C2CCC3[C@@H](C)/C=C/C(OC(=O)CCCC(=O)OCC2OC(n3ccc(N)nc3=O)C(F)(F)C2O)C2CC2)C[C@@H](O)C[C@@H]1O. The van der Waals surface area contributed by atoms with Crippen LogP contribution in [0.25, 0.3) is 0 Å². The number of nitrogens with zero attached hydrogens (tertiary/aromatic N) is 2. The minimum Gasteiger partial charge on any atom is -0.463 e. The molecule has 4 aliphatic carbocycles. The molecule has 0 spiro atoms. The Kier molecular flexibility index (Phi) is 12.5. The van der Waals surface area contributed by atoms with Gasteiger partial charge in [0.05, 0.1) is 12.2 Å². The molecule has 5 aliphatic rings. The summed E-state index contributed by atoms with van der Waals surface area (Å²) in [6.45, 7) is 8.04. The molecular formula is C41H55F2N3O9. The summed E-state index contributed by atoms with van der Waals surface area (Å²) in [6, 6.07) is 1.14. The summed E-state index contributed by atoms with van der Waals surface area (Å²) in [7, 11) is 0. The number of carbonyl (C=O) groups excluding carboxylic acids is 2. The Hall–Kier alpha value is -3.72. The number of hydrogen-bond donors (Lipinski definition) is 4. The number of aromatic nitrogens is 2. The Balaban J connectivity index is 0.964. The van der Waals surface area contributed by atoms with Gasteiger partial charge in [-0.15, -0.1) is 0 Å². The lowest BCUT2D eigenvalue weighted by Gasteiger charge is -2.44. The lowest BCUT2D eigenvalue weighted by molar-refractivity contribution is -0.151. The van der Waals surface area contributed by atoms with E-state index in [1.165, 1.54) is 5.57 Å². The highest BCUT2D eigenvalue weighted by Crippen LogP contribution is 2.59. The van der Waals surface area contributed by atoms with Crippen molar-refractivity contribution in [3.8, 4) is 0 Å². The first kappa shape index (κ1) is 40.9. The molecule has 10 atom stereocenters. The van der Waals surface area contributed by atoms with Gasteiger partial charge in [0.2, 0.25) is 6.23 Å². The summed E-state index contributed by atoms with van der Waals surface area (Å²) in [6.07, 6.45) is 9.97. The quantitative estimate of drug-likeness (QED) is 0.155. The normalized spacial score (nSPS) is 34.5. The molecule has 1 saturated heterocycles. The van der Waals surface area contributed by atoms with E-state index >= 15 is 0 Å². The van der Waals surface area contributed by atoms with Gasteiger partial charge in [0.15, 0.2) is 6.10 Å². The number of fused-ring (bicyclic) bond motifs is 1. The maximum Gasteiger partial charge on any atom is 0.351 e. The number of aliphatic hydroxyl groups excluding tert-OH is 3. The molecule has 0 aromatic carbocycles. The van der Waals surface area contributed by atoms with Crippen LogP contribution in [0.1, 0.15) is 97.1 Å². The van der Waals surface area contributed by atoms with E-state index in [1.54, 1.807) is 0 Å². The van der Waals surface area contributed by atoms with E-state index in [2.05, 4.69) is 43.6 Å². The first-order chi connectivity index (χ1) is 26.1. The van der Waals surface area contributed by atoms with Gasteiger partial charge in [0.25, 0.3) is 0 Å². The van der Waals surface area contributed by atoms with Gasteiger partial charge in [-0.05, 0) is 110 Å². The van der Waals surface area contributed by atoms with Crippen LogP contribution in [-0.4, -0.2) is 79.9 Å². The molecule has 5 N–H and O–H groups in total. The van der Waals surface area contributed by atoms with E-state index in [0.29, 0.717) is 34.8 Å². The van der Waals surface area contributed by atoms with Gasteiger partial charge in [-0.1, -0.05) is 44.2 Å². The number of alkyl halides is 2. The zero-order valence-corrected chi connectivity index (χ0v) is 31.7. The van der Waals surface area contributed by atoms with E-state index in [0.717, 1.165) is 62.8 Å². The highest BCUT2D eigenvalue weighted by atomic mass is 19.3. The van der Waals surface area contributed by atoms with Gasteiger partial charge >= 0.3 is 23.6 Å². The number of aliphatic hydroxyl groups is 3. The number of nitrogen functional groups attached to an aromatic ring is 1. The van der Waals surface area contributed by atoms with Gasteiger partial charge in [-0.2, -0.15) is 13.8 Å². The topological polar surface area (TPSA) is 183 Å². The number of esters is 2. The molecule has 5 fully saturated rings. The average Bonchev–Trinajstić information content (AvgIpc) is 3.87. The molecule has 6 unspecified atom stereocenters. The fourth-order valence-electron chi connectivity index (χ4n) is 9.29. The molecule has 1 aromatic heterocycles. The van der Waals surface area contributed by atoms with Crippen molar-refractivity contribution in [3.05, 3.63) is 70.3 Å². The summed E-state index contributed by atoms with van der Waals surface area (Å²) < 4.78 is 46.2. The number of carbonyl (C=O) groups is 2. The summed E-state index contributed by atoms with van der Waals surface area (Å²) in [5, 5.41) is 30.6. The third-order valence-corrected chi connectivity index (χ3v) is 12.5. The number of nitrogens with two attached hydrogens (primary N) is 1. The first-order valence-corrected chi connectivity index (χ1v) is 19.6. The fraction of sp³-hybridized carbons (Fsp3) is 0.659. The molecule has 55 heavy (non-hydrogen) atoms. The van der Waals surface area contributed by atoms with Gasteiger partial charge in [0, 0.05) is 25.5 Å². The van der Waals surface area contributed by atoms with Crippen LogP contribution in [0, 0.1) is 29.1 Å². The molecule has 1 aromatic rings. The van der Waals surface area contributed by atoms with Crippen molar-refractivity contribution in [2.75, 3.05) is 12.3 Å². The Morgan fingerprint density at radius 3 is 2.62 bits per heavy atom. The van der Waals surface area contributed by atoms with Crippen LogP contribution in [0.4, 0.5) is 14.6 Å². The van der Waals surface area contributed by atoms with Gasteiger partial charge in [-0.3, -0.25) is 14.2 Å². The molecule has 12 nitrogen and oxygen atoms in total. The van der Waals surface area contributed by atoms with E-state index in [9.17, 15) is 38.5 Å². The number of anilines is 1. The second-order valence-corrected chi connectivity index (χ2v) is 16.4. The van der Waals surface area contributed by atoms with E-state index < -0.39 is 60.8 Å². The number of ether oxygens (including phenoxy) is 3. The van der Waals surface area contributed by atoms with Crippen molar-refractivity contribution in [2.24, 2.45) is 29.1 Å². The summed E-state index contributed by atoms with van der Waals surface area (Å²) in [4.78, 5) is 40.7. The summed E-state index contributed by atoms with van der Waals surface area (Å²) in [5.41, 5.74) is 7.53. The highest BCUT2D eigenvalue weighted by Gasteiger charge is 2.60. The van der Waals surface area contributed by atoms with E-state index in [4.69, 9.17) is 19.9 Å². The van der Waals surface area contributed by atoms with Crippen LogP contribution in [0.15, 0.2) is 64.7 Å². The summed E-state index contributed by atoms with van der Waals surface area (Å²) >= 11 is 0. The number of hydrogen-bond acceptors (Lipinski definition) is 11. The molecule has 2 heterocycles. The van der Waals surface area contributed by atoms with Crippen LogP contribution in [0.2, 0.25) is 0 Å². The standard InChI is InChI=1S/C41H55F2N3O9/c1-23(29-14-15-30-25(6-5-18-40(29,30)3)10-13-27-20-28(47)21-31(48)24(27)2)9-16-32(26-11-12-26)54-36(50)8-4-7-35(49)53-22-33-37(51)41(42,43)38(55-33)46-19-17-34(44)45-39(46)52/h9-10,13,16-17,19,23,26,28-33,37-38,47-48,51H,2,4-8,11-12,14-15,18,20-22H2,1,3H3,(H2,44,45,52)/b16-9+,25-10+,27-13-/t23-,28+,29?,30?,31-,32?,33?,37?,38?,40+/m0/s1. The molecule has 4 saturated carbocycles. The molecule has 1 aliphatic heterocycles. The maximum absolute atomic E-state index is 14.8. The van der Waals surface area contributed by atoms with Crippen molar-refractivity contribution in [2.45, 2.75) is 134 Å².